The molecule has 0 aliphatic carbocycles. The minimum absolute atomic E-state index is 0.211. The standard InChI is InChI=1S/C30H30N2O5/c1-7-37-29(34)22-12-14-24(15-13-22)32-21(5)27(30(35)36-6)25(28(32)33)17-23-16-19(3)31(20(23)4)26-11-9-8-10-18(26)2/h8-17H,7H2,1-6H3/b25-17-. The molecule has 2 heterocycles. The van der Waals surface area contributed by atoms with Gasteiger partial charge in [-0.25, -0.2) is 9.59 Å². The Balaban J connectivity index is 1.79. The average Bonchev–Trinajstić information content (AvgIpc) is 3.30. The highest BCUT2D eigenvalue weighted by Crippen LogP contribution is 2.36. The summed E-state index contributed by atoms with van der Waals surface area (Å²) < 4.78 is 12.2. The van der Waals surface area contributed by atoms with E-state index in [0.717, 1.165) is 28.2 Å². The van der Waals surface area contributed by atoms with Gasteiger partial charge in [-0.15, -0.1) is 0 Å². The van der Waals surface area contributed by atoms with Crippen molar-refractivity contribution in [3.63, 3.8) is 0 Å². The number of allylic oxidation sites excluding steroid dienone is 1. The zero-order valence-corrected chi connectivity index (χ0v) is 21.9. The number of rotatable bonds is 6. The topological polar surface area (TPSA) is 77.8 Å². The summed E-state index contributed by atoms with van der Waals surface area (Å²) in [7, 11) is 1.30. The first-order valence-electron chi connectivity index (χ1n) is 12.1. The molecular formula is C30H30N2O5. The third-order valence-electron chi connectivity index (χ3n) is 6.55. The number of carbonyl (C=O) groups is 3. The quantitative estimate of drug-likeness (QED) is 0.333. The van der Waals surface area contributed by atoms with Crippen LogP contribution in [0.4, 0.5) is 5.69 Å². The van der Waals surface area contributed by atoms with E-state index in [1.54, 1.807) is 44.2 Å². The van der Waals surface area contributed by atoms with Crippen molar-refractivity contribution in [3.05, 3.63) is 99.5 Å². The number of para-hydroxylation sites is 1. The Labute approximate surface area is 216 Å². The summed E-state index contributed by atoms with van der Waals surface area (Å²) in [5, 5.41) is 0. The molecule has 2 aromatic carbocycles. The van der Waals surface area contributed by atoms with E-state index in [9.17, 15) is 14.4 Å². The van der Waals surface area contributed by atoms with Crippen LogP contribution in [0.3, 0.4) is 0 Å². The lowest BCUT2D eigenvalue weighted by Gasteiger charge is -2.18. The van der Waals surface area contributed by atoms with Gasteiger partial charge >= 0.3 is 11.9 Å². The summed E-state index contributed by atoms with van der Waals surface area (Å²) in [5.41, 5.74) is 6.82. The Hall–Kier alpha value is -4.39. The van der Waals surface area contributed by atoms with E-state index >= 15 is 0 Å². The van der Waals surface area contributed by atoms with Crippen LogP contribution >= 0.6 is 0 Å². The molecule has 0 spiro atoms. The number of anilines is 1. The van der Waals surface area contributed by atoms with Gasteiger partial charge in [0, 0.05) is 28.5 Å². The summed E-state index contributed by atoms with van der Waals surface area (Å²) in [6.45, 7) is 9.78. The Morgan fingerprint density at radius 1 is 0.946 bits per heavy atom. The number of carbonyl (C=O) groups excluding carboxylic acids is 3. The second-order valence-corrected chi connectivity index (χ2v) is 8.87. The van der Waals surface area contributed by atoms with E-state index in [4.69, 9.17) is 9.47 Å². The Kier molecular flexibility index (Phi) is 7.16. The number of hydrogen-bond donors (Lipinski definition) is 0. The van der Waals surface area contributed by atoms with Gasteiger partial charge in [0.1, 0.15) is 0 Å². The Morgan fingerprint density at radius 2 is 1.62 bits per heavy atom. The maximum atomic E-state index is 13.7. The molecule has 0 unspecified atom stereocenters. The van der Waals surface area contributed by atoms with Gasteiger partial charge in [-0.05, 0) is 88.2 Å². The highest BCUT2D eigenvalue weighted by molar-refractivity contribution is 6.24. The van der Waals surface area contributed by atoms with Crippen molar-refractivity contribution in [1.29, 1.82) is 0 Å². The molecule has 190 valence electrons. The maximum absolute atomic E-state index is 13.7. The predicted molar refractivity (Wildman–Crippen MR) is 143 cm³/mol. The van der Waals surface area contributed by atoms with E-state index in [1.165, 1.54) is 12.0 Å². The summed E-state index contributed by atoms with van der Waals surface area (Å²) in [6.07, 6.45) is 1.75. The summed E-state index contributed by atoms with van der Waals surface area (Å²) in [5.74, 6) is -1.37. The molecule has 7 nitrogen and oxygen atoms in total. The number of benzene rings is 2. The molecule has 1 amide bonds. The molecule has 0 atom stereocenters. The van der Waals surface area contributed by atoms with Crippen molar-refractivity contribution in [2.45, 2.75) is 34.6 Å². The Morgan fingerprint density at radius 3 is 2.24 bits per heavy atom. The van der Waals surface area contributed by atoms with Crippen molar-refractivity contribution in [2.24, 2.45) is 0 Å². The molecule has 0 bridgehead atoms. The van der Waals surface area contributed by atoms with Crippen LogP contribution in [0.2, 0.25) is 0 Å². The van der Waals surface area contributed by atoms with Gasteiger partial charge in [-0.2, -0.15) is 0 Å². The van der Waals surface area contributed by atoms with Crippen LogP contribution in [-0.4, -0.2) is 36.1 Å². The third kappa shape index (κ3) is 4.60. The summed E-state index contributed by atoms with van der Waals surface area (Å²) in [6, 6.07) is 16.6. The van der Waals surface area contributed by atoms with Crippen LogP contribution in [-0.2, 0) is 19.1 Å². The van der Waals surface area contributed by atoms with Gasteiger partial charge in [0.25, 0.3) is 5.91 Å². The van der Waals surface area contributed by atoms with Crippen LogP contribution in [0.5, 0.6) is 0 Å². The number of aromatic nitrogens is 1. The van der Waals surface area contributed by atoms with Crippen LogP contribution in [0.25, 0.3) is 11.8 Å². The van der Waals surface area contributed by atoms with Gasteiger partial charge in [-0.3, -0.25) is 9.69 Å². The second kappa shape index (κ2) is 10.3. The molecular weight excluding hydrogens is 468 g/mol. The number of esters is 2. The van der Waals surface area contributed by atoms with Crippen LogP contribution in [0.15, 0.2) is 71.4 Å². The number of aryl methyl sites for hydroxylation is 2. The smallest absolute Gasteiger partial charge is 0.340 e. The minimum atomic E-state index is -0.588. The number of ether oxygens (including phenoxy) is 2. The van der Waals surface area contributed by atoms with E-state index in [-0.39, 0.29) is 23.7 Å². The molecule has 3 aromatic rings. The van der Waals surface area contributed by atoms with Crippen LogP contribution in [0.1, 0.15) is 46.7 Å². The normalized spacial score (nSPS) is 14.5. The molecule has 1 aliphatic heterocycles. The molecule has 0 fully saturated rings. The fourth-order valence-electron chi connectivity index (χ4n) is 4.73. The van der Waals surface area contributed by atoms with E-state index in [1.807, 2.05) is 32.0 Å². The molecule has 1 aliphatic rings. The highest BCUT2D eigenvalue weighted by atomic mass is 16.5. The largest absolute Gasteiger partial charge is 0.465 e. The fourth-order valence-corrected chi connectivity index (χ4v) is 4.73. The zero-order chi connectivity index (χ0) is 26.9. The molecule has 0 N–H and O–H groups in total. The van der Waals surface area contributed by atoms with Crippen molar-refractivity contribution in [3.8, 4) is 5.69 Å². The van der Waals surface area contributed by atoms with E-state index in [2.05, 4.69) is 23.6 Å². The molecule has 0 saturated carbocycles. The van der Waals surface area contributed by atoms with E-state index in [0.29, 0.717) is 16.9 Å². The summed E-state index contributed by atoms with van der Waals surface area (Å²) >= 11 is 0. The first-order chi connectivity index (χ1) is 17.7. The van der Waals surface area contributed by atoms with Crippen LogP contribution in [0, 0.1) is 20.8 Å². The molecule has 0 radical (unpaired) electrons. The minimum Gasteiger partial charge on any atom is -0.465 e. The maximum Gasteiger partial charge on any atom is 0.340 e. The fraction of sp³-hybridized carbons (Fsp3) is 0.233. The van der Waals surface area contributed by atoms with Crippen molar-refractivity contribution in [1.82, 2.24) is 4.57 Å². The predicted octanol–water partition coefficient (Wildman–Crippen LogP) is 5.46. The van der Waals surface area contributed by atoms with Gasteiger partial charge < -0.3 is 14.0 Å². The van der Waals surface area contributed by atoms with E-state index < -0.39 is 11.9 Å². The molecule has 37 heavy (non-hydrogen) atoms. The molecule has 1 aromatic heterocycles. The highest BCUT2D eigenvalue weighted by Gasteiger charge is 2.38. The van der Waals surface area contributed by atoms with Gasteiger partial charge in [0.2, 0.25) is 0 Å². The number of amides is 1. The van der Waals surface area contributed by atoms with Crippen LogP contribution < -0.4 is 4.90 Å². The third-order valence-corrected chi connectivity index (χ3v) is 6.55. The lowest BCUT2D eigenvalue weighted by Crippen LogP contribution is -2.24. The molecule has 0 saturated heterocycles. The first-order valence-corrected chi connectivity index (χ1v) is 12.1. The lowest BCUT2D eigenvalue weighted by molar-refractivity contribution is -0.136. The monoisotopic (exact) mass is 498 g/mol. The van der Waals surface area contributed by atoms with Gasteiger partial charge in [0.05, 0.1) is 30.4 Å². The van der Waals surface area contributed by atoms with Crippen molar-refractivity contribution < 1.29 is 23.9 Å². The first kappa shape index (κ1) is 25.7. The van der Waals surface area contributed by atoms with Gasteiger partial charge in [0.15, 0.2) is 0 Å². The number of nitrogens with zero attached hydrogens (tertiary/aromatic N) is 2. The SMILES string of the molecule is CCOC(=O)c1ccc(N2C(=O)/C(=C\c3cc(C)n(-c4ccccc4C)c3C)C(C(=O)OC)=C2C)cc1. The molecule has 7 heteroatoms. The van der Waals surface area contributed by atoms with Gasteiger partial charge in [-0.1, -0.05) is 18.2 Å². The second-order valence-electron chi connectivity index (χ2n) is 8.87. The van der Waals surface area contributed by atoms with Crippen molar-refractivity contribution >= 4 is 29.6 Å². The van der Waals surface area contributed by atoms with Crippen molar-refractivity contribution in [2.75, 3.05) is 18.6 Å². The average molecular weight is 499 g/mol. The Bertz CT molecular complexity index is 1460. The number of hydrogen-bond acceptors (Lipinski definition) is 5. The lowest BCUT2D eigenvalue weighted by atomic mass is 10.0. The molecule has 4 rings (SSSR count). The summed E-state index contributed by atoms with van der Waals surface area (Å²) in [4.78, 5) is 40.0. The number of methoxy groups -OCH3 is 1. The zero-order valence-electron chi connectivity index (χ0n) is 21.9.